The molecule has 106 valence electrons. The molecule has 0 spiro atoms. The van der Waals surface area contributed by atoms with E-state index >= 15 is 0 Å². The van der Waals surface area contributed by atoms with Gasteiger partial charge in [-0.15, -0.1) is 0 Å². The van der Waals surface area contributed by atoms with Crippen LogP contribution in [0.3, 0.4) is 0 Å². The molecule has 20 heavy (non-hydrogen) atoms. The predicted octanol–water partition coefficient (Wildman–Crippen LogP) is 2.89. The molecule has 2 rings (SSSR count). The summed E-state index contributed by atoms with van der Waals surface area (Å²) in [6.07, 6.45) is 4.27. The predicted molar refractivity (Wildman–Crippen MR) is 75.6 cm³/mol. The molecular weight excluding hydrogens is 258 g/mol. The van der Waals surface area contributed by atoms with Gasteiger partial charge in [0.25, 0.3) is 11.6 Å². The maximum absolute atomic E-state index is 11.9. The number of carbonyl (C=O) groups is 1. The zero-order chi connectivity index (χ0) is 14.5. The minimum Gasteiger partial charge on any atom is -0.267 e. The lowest BCUT2D eigenvalue weighted by Gasteiger charge is -2.19. The van der Waals surface area contributed by atoms with Crippen LogP contribution in [0.4, 0.5) is 5.69 Å². The van der Waals surface area contributed by atoms with Crippen molar-refractivity contribution in [3.8, 4) is 0 Å². The van der Waals surface area contributed by atoms with Crippen LogP contribution in [0.5, 0.6) is 0 Å². The number of hydrazone groups is 1. The summed E-state index contributed by atoms with van der Waals surface area (Å²) in [4.78, 5) is 22.1. The van der Waals surface area contributed by atoms with Crippen molar-refractivity contribution in [3.63, 3.8) is 0 Å². The van der Waals surface area contributed by atoms with Gasteiger partial charge < -0.3 is 0 Å². The maximum atomic E-state index is 11.9. The third kappa shape index (κ3) is 3.40. The second-order valence-electron chi connectivity index (χ2n) is 5.00. The number of nitro groups is 1. The van der Waals surface area contributed by atoms with E-state index in [4.69, 9.17) is 0 Å². The monoisotopic (exact) mass is 275 g/mol. The summed E-state index contributed by atoms with van der Waals surface area (Å²) < 4.78 is 0. The van der Waals surface area contributed by atoms with E-state index < -0.39 is 10.8 Å². The molecule has 0 bridgehead atoms. The average Bonchev–Trinajstić information content (AvgIpc) is 2.46. The van der Waals surface area contributed by atoms with Gasteiger partial charge in [-0.2, -0.15) is 5.10 Å². The molecule has 1 aliphatic rings. The zero-order valence-corrected chi connectivity index (χ0v) is 11.3. The molecule has 6 heteroatoms. The van der Waals surface area contributed by atoms with Gasteiger partial charge in [-0.05, 0) is 31.2 Å². The number of carbonyl (C=O) groups excluding carboxylic acids is 1. The molecule has 6 nitrogen and oxygen atoms in total. The molecule has 1 amide bonds. The lowest BCUT2D eigenvalue weighted by molar-refractivity contribution is -0.384. The van der Waals surface area contributed by atoms with Crippen molar-refractivity contribution in [1.82, 2.24) is 5.43 Å². The van der Waals surface area contributed by atoms with Crippen molar-refractivity contribution >= 4 is 17.3 Å². The number of hydrogen-bond acceptors (Lipinski definition) is 4. The third-order valence-corrected chi connectivity index (χ3v) is 3.51. The normalized spacial score (nSPS) is 20.6. The fourth-order valence-corrected chi connectivity index (χ4v) is 2.28. The van der Waals surface area contributed by atoms with Crippen LogP contribution >= 0.6 is 0 Å². The van der Waals surface area contributed by atoms with Crippen LogP contribution in [0.15, 0.2) is 29.4 Å². The quantitative estimate of drug-likeness (QED) is 0.680. The summed E-state index contributed by atoms with van der Waals surface area (Å²) in [5.41, 5.74) is 3.63. The summed E-state index contributed by atoms with van der Waals surface area (Å²) >= 11 is 0. The standard InChI is InChI=1S/C14H17N3O3/c1-10-5-2-3-8-13(10)15-16-14(18)11-6-4-7-12(9-11)17(19)20/h4,6-7,9-10H,2-3,5,8H2,1H3,(H,16,18)/t10-/m1/s1. The average molecular weight is 275 g/mol. The van der Waals surface area contributed by atoms with Crippen LogP contribution < -0.4 is 5.43 Å². The van der Waals surface area contributed by atoms with Gasteiger partial charge in [-0.3, -0.25) is 14.9 Å². The molecule has 0 saturated heterocycles. The Kier molecular flexibility index (Phi) is 4.45. The van der Waals surface area contributed by atoms with Gasteiger partial charge in [0.15, 0.2) is 0 Å². The van der Waals surface area contributed by atoms with E-state index in [1.165, 1.54) is 30.7 Å². The van der Waals surface area contributed by atoms with Crippen molar-refractivity contribution in [3.05, 3.63) is 39.9 Å². The molecule has 1 aromatic carbocycles. The number of benzene rings is 1. The number of nitrogens with one attached hydrogen (secondary N) is 1. The van der Waals surface area contributed by atoms with Gasteiger partial charge in [0, 0.05) is 23.4 Å². The van der Waals surface area contributed by atoms with E-state index in [0.717, 1.165) is 25.0 Å². The maximum Gasteiger partial charge on any atom is 0.271 e. The lowest BCUT2D eigenvalue weighted by Crippen LogP contribution is -2.24. The fourth-order valence-electron chi connectivity index (χ4n) is 2.28. The topological polar surface area (TPSA) is 84.6 Å². The number of hydrogen-bond donors (Lipinski definition) is 1. The van der Waals surface area contributed by atoms with Crippen LogP contribution in [-0.4, -0.2) is 16.5 Å². The molecule has 1 saturated carbocycles. The Morgan fingerprint density at radius 1 is 1.45 bits per heavy atom. The first-order chi connectivity index (χ1) is 9.58. The number of amides is 1. The van der Waals surface area contributed by atoms with E-state index in [0.29, 0.717) is 5.92 Å². The summed E-state index contributed by atoms with van der Waals surface area (Å²) in [7, 11) is 0. The van der Waals surface area contributed by atoms with Gasteiger partial charge in [0.05, 0.1) is 4.92 Å². The Morgan fingerprint density at radius 3 is 2.95 bits per heavy atom. The SMILES string of the molecule is C[C@@H]1CCCCC1=NNC(=O)c1cccc([N+](=O)[O-])c1. The van der Waals surface area contributed by atoms with Crippen molar-refractivity contribution in [1.29, 1.82) is 0 Å². The van der Waals surface area contributed by atoms with Crippen LogP contribution in [0.1, 0.15) is 43.0 Å². The van der Waals surface area contributed by atoms with E-state index in [1.54, 1.807) is 0 Å². The lowest BCUT2D eigenvalue weighted by atomic mass is 9.89. The van der Waals surface area contributed by atoms with Gasteiger partial charge >= 0.3 is 0 Å². The van der Waals surface area contributed by atoms with Crippen molar-refractivity contribution in [2.75, 3.05) is 0 Å². The molecule has 0 aromatic heterocycles. The van der Waals surface area contributed by atoms with Crippen LogP contribution in [0, 0.1) is 16.0 Å². The number of rotatable bonds is 3. The smallest absolute Gasteiger partial charge is 0.267 e. The highest BCUT2D eigenvalue weighted by molar-refractivity contribution is 5.96. The molecule has 0 radical (unpaired) electrons. The highest BCUT2D eigenvalue weighted by Gasteiger charge is 2.17. The Labute approximate surface area is 117 Å². The van der Waals surface area contributed by atoms with E-state index in [-0.39, 0.29) is 11.3 Å². The molecule has 1 aliphatic carbocycles. The van der Waals surface area contributed by atoms with Gasteiger partial charge in [-0.1, -0.05) is 19.4 Å². The minimum atomic E-state index is -0.522. The zero-order valence-electron chi connectivity index (χ0n) is 11.3. The largest absolute Gasteiger partial charge is 0.271 e. The van der Waals surface area contributed by atoms with Crippen LogP contribution in [0.2, 0.25) is 0 Å². The summed E-state index contributed by atoms with van der Waals surface area (Å²) in [6, 6.07) is 5.63. The number of non-ortho nitro benzene ring substituents is 1. The van der Waals surface area contributed by atoms with Gasteiger partial charge in [-0.25, -0.2) is 5.43 Å². The Balaban J connectivity index is 2.06. The highest BCUT2D eigenvalue weighted by atomic mass is 16.6. The molecule has 1 N–H and O–H groups in total. The van der Waals surface area contributed by atoms with E-state index in [2.05, 4.69) is 17.5 Å². The summed E-state index contributed by atoms with van der Waals surface area (Å²) in [6.45, 7) is 2.09. The molecular formula is C14H17N3O3. The Hall–Kier alpha value is -2.24. The van der Waals surface area contributed by atoms with Gasteiger partial charge in [0.2, 0.25) is 0 Å². The summed E-state index contributed by atoms with van der Waals surface area (Å²) in [5.74, 6) is -0.0341. The first kappa shape index (κ1) is 14.2. The minimum absolute atomic E-state index is 0.101. The first-order valence-electron chi connectivity index (χ1n) is 6.69. The highest BCUT2D eigenvalue weighted by Crippen LogP contribution is 2.20. The summed E-state index contributed by atoms with van der Waals surface area (Å²) in [5, 5.41) is 14.8. The van der Waals surface area contributed by atoms with Crippen molar-refractivity contribution in [2.45, 2.75) is 32.6 Å². The van der Waals surface area contributed by atoms with Crippen molar-refractivity contribution < 1.29 is 9.72 Å². The molecule has 0 heterocycles. The fraction of sp³-hybridized carbons (Fsp3) is 0.429. The van der Waals surface area contributed by atoms with E-state index in [1.807, 2.05) is 0 Å². The first-order valence-corrected chi connectivity index (χ1v) is 6.69. The Bertz CT molecular complexity index is 554. The molecule has 1 atom stereocenters. The molecule has 1 aromatic rings. The van der Waals surface area contributed by atoms with Crippen LogP contribution in [-0.2, 0) is 0 Å². The van der Waals surface area contributed by atoms with Crippen molar-refractivity contribution in [2.24, 2.45) is 11.0 Å². The second kappa shape index (κ2) is 6.27. The molecule has 0 aliphatic heterocycles. The molecule has 1 fully saturated rings. The second-order valence-corrected chi connectivity index (χ2v) is 5.00. The van der Waals surface area contributed by atoms with Gasteiger partial charge in [0.1, 0.15) is 0 Å². The number of nitro benzene ring substituents is 1. The molecule has 0 unspecified atom stereocenters. The third-order valence-electron chi connectivity index (χ3n) is 3.51. The van der Waals surface area contributed by atoms with E-state index in [9.17, 15) is 14.9 Å². The Morgan fingerprint density at radius 2 is 2.25 bits per heavy atom. The number of nitrogens with zero attached hydrogens (tertiary/aromatic N) is 2. The van der Waals surface area contributed by atoms with Crippen LogP contribution in [0.25, 0.3) is 0 Å².